The highest BCUT2D eigenvalue weighted by Gasteiger charge is 2.26. The lowest BCUT2D eigenvalue weighted by Crippen LogP contribution is -2.34. The number of carbonyl (C=O) groups is 1. The number of phenols is 5. The Kier molecular flexibility index (Phi) is 43.4. The van der Waals surface area contributed by atoms with Gasteiger partial charge in [-0.15, -0.1) is 0 Å². The maximum atomic E-state index is 12.5. The van der Waals surface area contributed by atoms with Crippen molar-refractivity contribution in [3.8, 4) is 34.5 Å². The van der Waals surface area contributed by atoms with Gasteiger partial charge in [0.25, 0.3) is 0 Å². The van der Waals surface area contributed by atoms with Gasteiger partial charge in [0.1, 0.15) is 23.0 Å². The first-order valence-corrected chi connectivity index (χ1v) is 54.9. The SMILES string of the molecule is COc1ccc2c(c1)CN(C(=S)CCCc1ccc(C)cc1)CCC2.Cc1ccc(CCCC(=O)N2CCCc3cc(O)ccc3C2)cc1.Cc1ccc(CCCC(=S)N2CCCc3cc(C)ccc3C2)cc1.Cc1ccc(CCCC(=S)N2CCCc3cc(O)ccc3C2)cc1.Cc1ccc(CCCC(=S)N2CCCc3ccc(O)cc3C2)cc1.Cc1ccc(CCCC(=S)N2CCc3cc(O)c(O)cc3C2)cc1. The van der Waals surface area contributed by atoms with E-state index in [0.29, 0.717) is 36.8 Å². The lowest BCUT2D eigenvalue weighted by Gasteiger charge is -2.31. The number of rotatable bonds is 25. The smallest absolute Gasteiger partial charge is 0.222 e. The molecule has 6 aliphatic rings. The lowest BCUT2D eigenvalue weighted by molar-refractivity contribution is -0.131. The molecular formula is C127H152N6O7S5. The standard InChI is InChI=1S/C22H27NOS.C22H27NS.C21H25NO2.2C21H25NOS.C20H23NO2S/c1-17-8-10-18(11-9-17)5-3-7-22(25)23-14-4-6-19-12-13-21(24-2)15-20(19)16-23;1-17-8-11-19(12-9-17)5-3-7-22(24)23-14-4-6-20-15-18(2)10-13-21(20)16-23;2*1-16-7-9-17(10-8-16)4-2-6-21(24)22-13-3-5-18-14-20(23)12-11-19(18)15-22;1-16-7-9-17(10-8-16)4-2-6-21(24)22-13-3-5-18-11-12-20(23)14-19(18)15-22;1-14-5-7-15(8-6-14)3-2-4-20(24)21-10-9-16-11-18(22)19(23)12-17(16)13-21/h8-13,15H,3-7,14,16H2,1-2H3;8-13,15H,3-7,14,16H2,1-2H3;3*7-12,14,23H,2-6,13,15H2,1H3;5-8,11-12,22-23H,2-4,9-10,13H2,1H3. The molecular weight excluding hydrogens is 1880 g/mol. The second-order valence-electron chi connectivity index (χ2n) is 40.6. The quantitative estimate of drug-likeness (QED) is 0.0273. The number of carbonyl (C=O) groups excluding carboxylic acids is 1. The molecule has 0 bridgehead atoms. The molecule has 5 N–H and O–H groups in total. The Balaban J connectivity index is 0.000000146. The molecule has 0 saturated carbocycles. The number of phenolic OH excluding ortho intramolecular Hbond substituents is 5. The van der Waals surface area contributed by atoms with Crippen molar-refractivity contribution in [2.45, 2.75) is 274 Å². The van der Waals surface area contributed by atoms with E-state index in [2.05, 4.69) is 261 Å². The zero-order valence-electron chi connectivity index (χ0n) is 86.9. The van der Waals surface area contributed by atoms with E-state index in [0.717, 1.165) is 280 Å². The van der Waals surface area contributed by atoms with Gasteiger partial charge in [-0.3, -0.25) is 4.79 Å². The lowest BCUT2D eigenvalue weighted by atomic mass is 9.98. The molecule has 0 fully saturated rings. The number of benzene rings is 12. The molecule has 0 aliphatic carbocycles. The van der Waals surface area contributed by atoms with E-state index in [1.54, 1.807) is 37.4 Å². The van der Waals surface area contributed by atoms with E-state index >= 15 is 0 Å². The van der Waals surface area contributed by atoms with Gasteiger partial charge in [0, 0.05) is 85.0 Å². The zero-order valence-corrected chi connectivity index (χ0v) is 91.0. The minimum atomic E-state index is -0.0547. The van der Waals surface area contributed by atoms with Crippen molar-refractivity contribution in [2.75, 3.05) is 46.4 Å². The summed E-state index contributed by atoms with van der Waals surface area (Å²) >= 11 is 28.5. The largest absolute Gasteiger partial charge is 0.508 e. The number of aromatic hydroxyl groups is 5. The average molecular weight is 2030 g/mol. The average Bonchev–Trinajstić information content (AvgIpc) is 2.09. The summed E-state index contributed by atoms with van der Waals surface area (Å²) in [6.07, 6.45) is 29.9. The molecule has 145 heavy (non-hydrogen) atoms. The van der Waals surface area contributed by atoms with Crippen molar-refractivity contribution < 1.29 is 35.1 Å². The minimum absolute atomic E-state index is 0.0390. The van der Waals surface area contributed by atoms with Gasteiger partial charge >= 0.3 is 0 Å². The van der Waals surface area contributed by atoms with Gasteiger partial charge in [0.15, 0.2) is 11.5 Å². The zero-order chi connectivity index (χ0) is 103. The van der Waals surface area contributed by atoms with E-state index in [-0.39, 0.29) is 17.4 Å². The highest BCUT2D eigenvalue weighted by Crippen LogP contribution is 2.35. The van der Waals surface area contributed by atoms with E-state index in [1.165, 1.54) is 135 Å². The number of nitrogens with zero attached hydrogens (tertiary/aromatic N) is 6. The van der Waals surface area contributed by atoms with Crippen LogP contribution in [-0.2, 0) is 121 Å². The number of thiocarbonyl (C=S) groups is 5. The predicted molar refractivity (Wildman–Crippen MR) is 619 cm³/mol. The Morgan fingerprint density at radius 1 is 0.241 bits per heavy atom. The van der Waals surface area contributed by atoms with E-state index in [9.17, 15) is 30.3 Å². The molecule has 12 aromatic carbocycles. The molecule has 18 heteroatoms. The molecule has 0 unspecified atom stereocenters. The van der Waals surface area contributed by atoms with Crippen LogP contribution in [0.2, 0.25) is 0 Å². The molecule has 0 atom stereocenters. The second-order valence-corrected chi connectivity index (χ2v) is 42.9. The van der Waals surface area contributed by atoms with Gasteiger partial charge in [-0.2, -0.15) is 0 Å². The third-order valence-electron chi connectivity index (χ3n) is 28.8. The highest BCUT2D eigenvalue weighted by atomic mass is 32.1. The fourth-order valence-corrected chi connectivity index (χ4v) is 21.5. The normalized spacial score (nSPS) is 14.0. The van der Waals surface area contributed by atoms with Crippen LogP contribution in [-0.4, -0.2) is 132 Å². The summed E-state index contributed by atoms with van der Waals surface area (Å²) in [6.45, 7) is 25.7. The van der Waals surface area contributed by atoms with Crippen molar-refractivity contribution >= 4 is 91.9 Å². The Bertz CT molecular complexity index is 5950. The maximum absolute atomic E-state index is 12.5. The first-order valence-electron chi connectivity index (χ1n) is 52.8. The number of fused-ring (bicyclic) bond motifs is 6. The van der Waals surface area contributed by atoms with Gasteiger partial charge in [-0.1, -0.05) is 288 Å². The second kappa shape index (κ2) is 56.9. The number of hydrogen-bond donors (Lipinski definition) is 5. The van der Waals surface area contributed by atoms with Crippen LogP contribution in [0.4, 0.5) is 0 Å². The van der Waals surface area contributed by atoms with Gasteiger partial charge in [0.05, 0.1) is 32.1 Å². The number of amides is 1. The number of hydrogen-bond acceptors (Lipinski definition) is 12. The van der Waals surface area contributed by atoms with Crippen molar-refractivity contribution in [3.63, 3.8) is 0 Å². The third-order valence-corrected chi connectivity index (χ3v) is 31.1. The topological polar surface area (TPSA) is 147 Å². The molecule has 0 aromatic heterocycles. The van der Waals surface area contributed by atoms with Crippen LogP contribution in [0, 0.1) is 48.5 Å². The summed E-state index contributed by atoms with van der Waals surface area (Å²) in [7, 11) is 1.73. The molecule has 0 spiro atoms. The number of methoxy groups -OCH3 is 1. The molecule has 0 saturated heterocycles. The van der Waals surface area contributed by atoms with Crippen LogP contribution >= 0.6 is 61.1 Å². The molecule has 6 heterocycles. The van der Waals surface area contributed by atoms with Crippen LogP contribution in [0.1, 0.15) is 248 Å². The van der Waals surface area contributed by atoms with E-state index < -0.39 is 0 Å². The Labute approximate surface area is 892 Å². The predicted octanol–water partition coefficient (Wildman–Crippen LogP) is 28.2. The fourth-order valence-electron chi connectivity index (χ4n) is 20.0. The van der Waals surface area contributed by atoms with Crippen LogP contribution in [0.15, 0.2) is 249 Å². The number of aryl methyl sites for hydroxylation is 18. The van der Waals surface area contributed by atoms with E-state index in [4.69, 9.17) is 65.8 Å². The Morgan fingerprint density at radius 3 is 0.814 bits per heavy atom. The maximum Gasteiger partial charge on any atom is 0.222 e. The van der Waals surface area contributed by atoms with Crippen LogP contribution in [0.3, 0.4) is 0 Å². The van der Waals surface area contributed by atoms with Crippen LogP contribution in [0.5, 0.6) is 34.5 Å². The molecule has 18 rings (SSSR count). The van der Waals surface area contributed by atoms with Crippen molar-refractivity contribution in [1.82, 2.24) is 29.4 Å². The summed E-state index contributed by atoms with van der Waals surface area (Å²) in [6, 6.07) is 86.0. The third kappa shape index (κ3) is 35.9. The summed E-state index contributed by atoms with van der Waals surface area (Å²) in [5, 5.41) is 48.3. The fraction of sp³-hybridized carbons (Fsp3) is 0.386. The van der Waals surface area contributed by atoms with Gasteiger partial charge in [-0.05, 0) is 389 Å². The highest BCUT2D eigenvalue weighted by molar-refractivity contribution is 7.81. The minimum Gasteiger partial charge on any atom is -0.508 e. The Hall–Kier alpha value is -11.6. The molecule has 762 valence electrons. The Morgan fingerprint density at radius 2 is 0.476 bits per heavy atom. The summed E-state index contributed by atoms with van der Waals surface area (Å²) in [5.41, 5.74) is 32.8. The summed E-state index contributed by atoms with van der Waals surface area (Å²) in [4.78, 5) is 31.5. The molecule has 0 radical (unpaired) electrons. The molecule has 1 amide bonds. The van der Waals surface area contributed by atoms with Crippen LogP contribution in [0.25, 0.3) is 0 Å². The van der Waals surface area contributed by atoms with E-state index in [1.807, 2.05) is 35.2 Å². The van der Waals surface area contributed by atoms with Gasteiger partial charge < -0.3 is 59.7 Å². The first kappa shape index (κ1) is 111. The molecule has 6 aliphatic heterocycles. The summed E-state index contributed by atoms with van der Waals surface area (Å²) < 4.78 is 5.39. The van der Waals surface area contributed by atoms with Crippen LogP contribution < -0.4 is 4.74 Å². The van der Waals surface area contributed by atoms with Crippen molar-refractivity contribution in [1.29, 1.82) is 0 Å². The first-order chi connectivity index (χ1) is 70.1. The van der Waals surface area contributed by atoms with Crippen molar-refractivity contribution in [2.24, 2.45) is 0 Å². The van der Waals surface area contributed by atoms with Gasteiger partial charge in [0.2, 0.25) is 5.91 Å². The molecule has 13 nitrogen and oxygen atoms in total. The summed E-state index contributed by atoms with van der Waals surface area (Å²) in [5.74, 6) is 2.10. The number of ether oxygens (including phenoxy) is 1. The van der Waals surface area contributed by atoms with Gasteiger partial charge in [-0.25, -0.2) is 0 Å². The molecule has 12 aromatic rings. The monoisotopic (exact) mass is 2030 g/mol. The van der Waals surface area contributed by atoms with Crippen molar-refractivity contribution in [3.05, 3.63) is 388 Å².